The fourth-order valence-corrected chi connectivity index (χ4v) is 2.05. The number of nitrogens with one attached hydrogen (secondary N) is 1. The van der Waals surface area contributed by atoms with Gasteiger partial charge < -0.3 is 11.1 Å². The zero-order valence-electron chi connectivity index (χ0n) is 11.2. The molecule has 0 unspecified atom stereocenters. The van der Waals surface area contributed by atoms with Crippen LogP contribution in [0.3, 0.4) is 0 Å². The van der Waals surface area contributed by atoms with Crippen LogP contribution in [0.4, 0.5) is 18.9 Å². The molecule has 2 rings (SSSR count). The predicted molar refractivity (Wildman–Crippen MR) is 76.3 cm³/mol. The number of halogens is 4. The number of primary amides is 1. The second-order valence-electron chi connectivity index (χ2n) is 4.42. The van der Waals surface area contributed by atoms with Crippen molar-refractivity contribution in [3.8, 4) is 0 Å². The molecule has 0 atom stereocenters. The van der Waals surface area contributed by atoms with Gasteiger partial charge in [-0.05, 0) is 24.6 Å². The van der Waals surface area contributed by atoms with Gasteiger partial charge in [0.1, 0.15) is 11.0 Å². The average molecular weight is 330 g/mol. The molecule has 1 aromatic heterocycles. The molecule has 0 radical (unpaired) electrons. The van der Waals surface area contributed by atoms with Gasteiger partial charge >= 0.3 is 0 Å². The second kappa shape index (κ2) is 6.65. The molecule has 0 aliphatic rings. The smallest absolute Gasteiger partial charge is 0.252 e. The van der Waals surface area contributed by atoms with Gasteiger partial charge in [-0.15, -0.1) is 0 Å². The number of benzene rings is 1. The number of anilines is 1. The van der Waals surface area contributed by atoms with E-state index in [4.69, 9.17) is 17.3 Å². The van der Waals surface area contributed by atoms with Gasteiger partial charge in [0.2, 0.25) is 0 Å². The summed E-state index contributed by atoms with van der Waals surface area (Å²) in [7, 11) is 0. The van der Waals surface area contributed by atoms with Crippen molar-refractivity contribution in [1.82, 2.24) is 4.98 Å². The van der Waals surface area contributed by atoms with E-state index < -0.39 is 23.4 Å². The highest BCUT2D eigenvalue weighted by atomic mass is 35.5. The largest absolute Gasteiger partial charge is 0.384 e. The van der Waals surface area contributed by atoms with Crippen LogP contribution in [-0.2, 0) is 6.42 Å². The number of carbonyl (C=O) groups is 1. The quantitative estimate of drug-likeness (QED) is 0.654. The van der Waals surface area contributed by atoms with E-state index in [1.165, 1.54) is 12.3 Å². The van der Waals surface area contributed by atoms with E-state index in [9.17, 15) is 18.0 Å². The Kier molecular flexibility index (Phi) is 4.87. The minimum absolute atomic E-state index is 0.0396. The van der Waals surface area contributed by atoms with Gasteiger partial charge in [-0.2, -0.15) is 0 Å². The number of carbonyl (C=O) groups excluding carboxylic acids is 1. The number of amides is 1. The van der Waals surface area contributed by atoms with Crippen molar-refractivity contribution in [2.24, 2.45) is 5.73 Å². The molecule has 0 fully saturated rings. The number of hydrogen-bond acceptors (Lipinski definition) is 3. The van der Waals surface area contributed by atoms with E-state index >= 15 is 0 Å². The van der Waals surface area contributed by atoms with Gasteiger partial charge in [0.15, 0.2) is 11.6 Å². The van der Waals surface area contributed by atoms with Crippen molar-refractivity contribution in [3.63, 3.8) is 0 Å². The fraction of sp³-hybridized carbons (Fsp3) is 0.143. The summed E-state index contributed by atoms with van der Waals surface area (Å²) < 4.78 is 40.1. The van der Waals surface area contributed by atoms with E-state index in [1.807, 2.05) is 0 Å². The summed E-state index contributed by atoms with van der Waals surface area (Å²) in [4.78, 5) is 15.0. The van der Waals surface area contributed by atoms with Crippen molar-refractivity contribution >= 4 is 23.2 Å². The van der Waals surface area contributed by atoms with Crippen LogP contribution in [-0.4, -0.2) is 17.4 Å². The summed E-state index contributed by atoms with van der Waals surface area (Å²) in [6, 6.07) is 2.93. The fourth-order valence-electron chi connectivity index (χ4n) is 1.89. The van der Waals surface area contributed by atoms with Crippen molar-refractivity contribution in [2.45, 2.75) is 6.42 Å². The van der Waals surface area contributed by atoms with Gasteiger partial charge in [-0.25, -0.2) is 18.2 Å². The van der Waals surface area contributed by atoms with Crippen molar-refractivity contribution in [1.29, 1.82) is 0 Å². The lowest BCUT2D eigenvalue weighted by Crippen LogP contribution is -2.16. The maximum atomic E-state index is 13.5. The summed E-state index contributed by atoms with van der Waals surface area (Å²) in [5.41, 5.74) is 5.17. The van der Waals surface area contributed by atoms with Crippen LogP contribution in [0.25, 0.3) is 0 Å². The number of nitrogens with zero attached hydrogens (tertiary/aromatic N) is 1. The van der Waals surface area contributed by atoms with Crippen LogP contribution in [0.15, 0.2) is 24.4 Å². The Morgan fingerprint density at radius 2 is 1.95 bits per heavy atom. The number of hydrogen-bond donors (Lipinski definition) is 2. The number of aromatic nitrogens is 1. The van der Waals surface area contributed by atoms with E-state index in [0.29, 0.717) is 0 Å². The number of pyridine rings is 1. The van der Waals surface area contributed by atoms with Crippen molar-refractivity contribution in [2.75, 3.05) is 11.9 Å². The highest BCUT2D eigenvalue weighted by Gasteiger charge is 2.14. The monoisotopic (exact) mass is 329 g/mol. The Morgan fingerprint density at radius 3 is 2.64 bits per heavy atom. The van der Waals surface area contributed by atoms with Crippen LogP contribution in [0.5, 0.6) is 0 Å². The summed E-state index contributed by atoms with van der Waals surface area (Å²) in [5.74, 6) is -3.93. The summed E-state index contributed by atoms with van der Waals surface area (Å²) in [6.07, 6.45) is 1.06. The number of rotatable bonds is 5. The molecule has 22 heavy (non-hydrogen) atoms. The van der Waals surface area contributed by atoms with Gasteiger partial charge in [0.25, 0.3) is 5.91 Å². The van der Waals surface area contributed by atoms with E-state index in [2.05, 4.69) is 10.3 Å². The molecule has 2 aromatic rings. The third-order valence-electron chi connectivity index (χ3n) is 2.97. The summed E-state index contributed by atoms with van der Waals surface area (Å²) in [6.45, 7) is 0.0396. The summed E-state index contributed by atoms with van der Waals surface area (Å²) in [5, 5.41) is 2.90. The molecular formula is C14H11ClF3N3O. The Labute approximate surface area is 129 Å². The van der Waals surface area contributed by atoms with Gasteiger partial charge in [-0.1, -0.05) is 11.6 Å². The first-order chi connectivity index (χ1) is 10.4. The molecule has 1 heterocycles. The first-order valence-corrected chi connectivity index (χ1v) is 6.59. The second-order valence-corrected chi connectivity index (χ2v) is 4.80. The van der Waals surface area contributed by atoms with E-state index in [1.54, 1.807) is 0 Å². The number of nitrogens with two attached hydrogens (primary N) is 1. The molecule has 8 heteroatoms. The standard InChI is InChI=1S/C14H11ClF3N3O/c15-12-5-11(8(6-21-12)14(19)22)20-4-3-7-9(16)1-2-10(17)13(7)18/h1-2,5-6H,3-4H2,(H2,19,22)(H,20,21). The lowest BCUT2D eigenvalue weighted by atomic mass is 10.1. The highest BCUT2D eigenvalue weighted by molar-refractivity contribution is 6.29. The molecule has 1 amide bonds. The maximum Gasteiger partial charge on any atom is 0.252 e. The zero-order valence-corrected chi connectivity index (χ0v) is 11.9. The summed E-state index contributed by atoms with van der Waals surface area (Å²) >= 11 is 5.72. The van der Waals surface area contributed by atoms with Crippen molar-refractivity contribution < 1.29 is 18.0 Å². The maximum absolute atomic E-state index is 13.5. The molecular weight excluding hydrogens is 319 g/mol. The molecule has 0 aliphatic carbocycles. The lowest BCUT2D eigenvalue weighted by Gasteiger charge is -2.11. The predicted octanol–water partition coefficient (Wildman–Crippen LogP) is 2.91. The zero-order chi connectivity index (χ0) is 16.3. The Morgan fingerprint density at radius 1 is 1.27 bits per heavy atom. The van der Waals surface area contributed by atoms with Crippen LogP contribution in [0.1, 0.15) is 15.9 Å². The SMILES string of the molecule is NC(=O)c1cnc(Cl)cc1NCCc1c(F)ccc(F)c1F. The van der Waals surface area contributed by atoms with E-state index in [0.717, 1.165) is 12.1 Å². The third kappa shape index (κ3) is 3.48. The average Bonchev–Trinajstić information content (AvgIpc) is 2.46. The molecule has 116 valence electrons. The van der Waals surface area contributed by atoms with E-state index in [-0.39, 0.29) is 34.9 Å². The van der Waals surface area contributed by atoms with Crippen molar-refractivity contribution in [3.05, 3.63) is 58.1 Å². The first-order valence-electron chi connectivity index (χ1n) is 6.21. The van der Waals surface area contributed by atoms with Crippen LogP contribution < -0.4 is 11.1 Å². The molecule has 1 aromatic carbocycles. The Hall–Kier alpha value is -2.28. The molecule has 0 saturated heterocycles. The minimum atomic E-state index is -1.23. The molecule has 4 nitrogen and oxygen atoms in total. The lowest BCUT2D eigenvalue weighted by molar-refractivity contribution is 0.100. The van der Waals surface area contributed by atoms with Crippen LogP contribution in [0, 0.1) is 17.5 Å². The normalized spacial score (nSPS) is 10.5. The van der Waals surface area contributed by atoms with Gasteiger partial charge in [0, 0.05) is 18.3 Å². The first kappa shape index (κ1) is 16.1. The highest BCUT2D eigenvalue weighted by Crippen LogP contribution is 2.20. The Balaban J connectivity index is 2.14. The molecule has 0 saturated carbocycles. The van der Waals surface area contributed by atoms with Gasteiger partial charge in [-0.3, -0.25) is 4.79 Å². The molecule has 3 N–H and O–H groups in total. The minimum Gasteiger partial charge on any atom is -0.384 e. The Bertz CT molecular complexity index is 725. The van der Waals surface area contributed by atoms with Crippen LogP contribution in [0.2, 0.25) is 5.15 Å². The molecule has 0 bridgehead atoms. The van der Waals surface area contributed by atoms with Gasteiger partial charge in [0.05, 0.1) is 11.3 Å². The van der Waals surface area contributed by atoms with Crippen LogP contribution >= 0.6 is 11.6 Å². The molecule has 0 spiro atoms. The topological polar surface area (TPSA) is 68.0 Å². The third-order valence-corrected chi connectivity index (χ3v) is 3.17. The molecule has 0 aliphatic heterocycles.